The Morgan fingerprint density at radius 2 is 2.24 bits per heavy atom. The monoisotopic (exact) mass is 281 g/mol. The van der Waals surface area contributed by atoms with E-state index in [4.69, 9.17) is 0 Å². The molecule has 0 radical (unpaired) electrons. The molecule has 1 amide bonds. The van der Waals surface area contributed by atoms with Crippen LogP contribution >= 0.6 is 0 Å². The van der Waals surface area contributed by atoms with Gasteiger partial charge in [0.2, 0.25) is 0 Å². The van der Waals surface area contributed by atoms with Crippen LogP contribution in [0.25, 0.3) is 10.9 Å². The lowest BCUT2D eigenvalue weighted by Gasteiger charge is -2.04. The van der Waals surface area contributed by atoms with Crippen molar-refractivity contribution in [2.24, 2.45) is 0 Å². The molecule has 0 saturated heterocycles. The van der Waals surface area contributed by atoms with Crippen molar-refractivity contribution in [1.82, 2.24) is 20.2 Å². The Morgan fingerprint density at radius 1 is 1.38 bits per heavy atom. The SMILES string of the molecule is CCc1[nH]nc(NC(=O)c2cnc3cnccc3c2)c1C. The predicted octanol–water partition coefficient (Wildman–Crippen LogP) is 2.48. The second-order valence-corrected chi connectivity index (χ2v) is 4.78. The molecule has 0 bridgehead atoms. The van der Waals surface area contributed by atoms with Gasteiger partial charge in [-0.05, 0) is 25.5 Å². The number of fused-ring (bicyclic) bond motifs is 1. The van der Waals surface area contributed by atoms with E-state index in [1.807, 2.05) is 19.9 Å². The first kappa shape index (κ1) is 13.2. The molecular formula is C15H15N5O. The lowest BCUT2D eigenvalue weighted by Crippen LogP contribution is -2.13. The first-order chi connectivity index (χ1) is 10.2. The largest absolute Gasteiger partial charge is 0.305 e. The standard InChI is InChI=1S/C15H15N5O/c1-3-12-9(2)14(20-19-12)18-15(21)11-6-10-4-5-16-8-13(10)17-7-11/h4-8H,3H2,1-2H3,(H2,18,19,20,21). The lowest BCUT2D eigenvalue weighted by atomic mass is 10.2. The third kappa shape index (κ3) is 2.47. The minimum atomic E-state index is -0.224. The zero-order chi connectivity index (χ0) is 14.8. The van der Waals surface area contributed by atoms with Crippen LogP contribution in [-0.4, -0.2) is 26.1 Å². The van der Waals surface area contributed by atoms with E-state index < -0.39 is 0 Å². The molecule has 6 nitrogen and oxygen atoms in total. The van der Waals surface area contributed by atoms with Crippen molar-refractivity contribution in [3.8, 4) is 0 Å². The number of aromatic amines is 1. The number of aromatic nitrogens is 4. The van der Waals surface area contributed by atoms with Gasteiger partial charge in [-0.2, -0.15) is 5.10 Å². The third-order valence-corrected chi connectivity index (χ3v) is 3.44. The Balaban J connectivity index is 1.88. The molecule has 0 aromatic carbocycles. The molecule has 0 atom stereocenters. The molecule has 3 aromatic rings. The number of H-pyrrole nitrogens is 1. The van der Waals surface area contributed by atoms with Gasteiger partial charge in [-0.3, -0.25) is 19.9 Å². The van der Waals surface area contributed by atoms with Gasteiger partial charge < -0.3 is 5.32 Å². The highest BCUT2D eigenvalue weighted by Gasteiger charge is 2.13. The van der Waals surface area contributed by atoms with E-state index in [0.29, 0.717) is 11.4 Å². The topological polar surface area (TPSA) is 83.6 Å². The zero-order valence-corrected chi connectivity index (χ0v) is 11.8. The Bertz CT molecular complexity index is 809. The molecule has 106 valence electrons. The summed E-state index contributed by atoms with van der Waals surface area (Å²) in [5.41, 5.74) is 3.24. The number of amides is 1. The van der Waals surface area contributed by atoms with Crippen LogP contribution in [-0.2, 0) is 6.42 Å². The third-order valence-electron chi connectivity index (χ3n) is 3.44. The number of carbonyl (C=O) groups excluding carboxylic acids is 1. The van der Waals surface area contributed by atoms with Gasteiger partial charge in [0.05, 0.1) is 17.3 Å². The maximum absolute atomic E-state index is 12.3. The van der Waals surface area contributed by atoms with Crippen LogP contribution in [0.1, 0.15) is 28.5 Å². The number of nitrogens with one attached hydrogen (secondary N) is 2. The van der Waals surface area contributed by atoms with E-state index in [9.17, 15) is 4.79 Å². The van der Waals surface area contributed by atoms with E-state index >= 15 is 0 Å². The molecular weight excluding hydrogens is 266 g/mol. The normalized spacial score (nSPS) is 10.8. The summed E-state index contributed by atoms with van der Waals surface area (Å²) in [5, 5.41) is 10.7. The van der Waals surface area contributed by atoms with Crippen LogP contribution < -0.4 is 5.32 Å². The van der Waals surface area contributed by atoms with Crippen LogP contribution in [0.3, 0.4) is 0 Å². The van der Waals surface area contributed by atoms with E-state index in [1.165, 1.54) is 0 Å². The molecule has 0 aliphatic heterocycles. The average molecular weight is 281 g/mol. The molecule has 3 heterocycles. The molecule has 6 heteroatoms. The summed E-state index contributed by atoms with van der Waals surface area (Å²) in [6.07, 6.45) is 5.74. The van der Waals surface area contributed by atoms with Crippen molar-refractivity contribution in [3.63, 3.8) is 0 Å². The van der Waals surface area contributed by atoms with Gasteiger partial charge in [0, 0.05) is 29.0 Å². The van der Waals surface area contributed by atoms with Gasteiger partial charge in [-0.1, -0.05) is 6.92 Å². The summed E-state index contributed by atoms with van der Waals surface area (Å²) < 4.78 is 0. The van der Waals surface area contributed by atoms with Crippen LogP contribution in [0.4, 0.5) is 5.82 Å². The zero-order valence-electron chi connectivity index (χ0n) is 11.8. The Kier molecular flexibility index (Phi) is 3.35. The second kappa shape index (κ2) is 5.32. The predicted molar refractivity (Wildman–Crippen MR) is 80.2 cm³/mol. The maximum atomic E-state index is 12.3. The molecule has 21 heavy (non-hydrogen) atoms. The highest BCUT2D eigenvalue weighted by molar-refractivity contribution is 6.05. The first-order valence-corrected chi connectivity index (χ1v) is 6.74. The number of carbonyl (C=O) groups is 1. The number of nitrogens with zero attached hydrogens (tertiary/aromatic N) is 3. The van der Waals surface area contributed by atoms with Crippen molar-refractivity contribution in [1.29, 1.82) is 0 Å². The molecule has 3 rings (SSSR count). The van der Waals surface area contributed by atoms with E-state index in [1.54, 1.807) is 24.7 Å². The summed E-state index contributed by atoms with van der Waals surface area (Å²) in [6, 6.07) is 3.62. The number of rotatable bonds is 3. The van der Waals surface area contributed by atoms with Gasteiger partial charge in [0.25, 0.3) is 5.91 Å². The van der Waals surface area contributed by atoms with Crippen LogP contribution in [0, 0.1) is 6.92 Å². The number of pyridine rings is 2. The second-order valence-electron chi connectivity index (χ2n) is 4.78. The molecule has 0 saturated carbocycles. The van der Waals surface area contributed by atoms with E-state index in [-0.39, 0.29) is 5.91 Å². The van der Waals surface area contributed by atoms with Crippen molar-refractivity contribution in [2.75, 3.05) is 5.32 Å². The summed E-state index contributed by atoms with van der Waals surface area (Å²) in [5.74, 6) is 0.338. The summed E-state index contributed by atoms with van der Waals surface area (Å²) in [6.45, 7) is 3.97. The Morgan fingerprint density at radius 3 is 3.00 bits per heavy atom. The number of aryl methyl sites for hydroxylation is 1. The Labute approximate surface area is 121 Å². The van der Waals surface area contributed by atoms with E-state index in [2.05, 4.69) is 25.5 Å². The smallest absolute Gasteiger partial charge is 0.258 e. The van der Waals surface area contributed by atoms with Crippen molar-refractivity contribution in [3.05, 3.63) is 47.5 Å². The first-order valence-electron chi connectivity index (χ1n) is 6.74. The molecule has 0 fully saturated rings. The minimum Gasteiger partial charge on any atom is -0.305 e. The highest BCUT2D eigenvalue weighted by Crippen LogP contribution is 2.17. The summed E-state index contributed by atoms with van der Waals surface area (Å²) in [4.78, 5) is 20.5. The van der Waals surface area contributed by atoms with Gasteiger partial charge >= 0.3 is 0 Å². The van der Waals surface area contributed by atoms with Crippen LogP contribution in [0.2, 0.25) is 0 Å². The minimum absolute atomic E-state index is 0.224. The van der Waals surface area contributed by atoms with Crippen LogP contribution in [0.15, 0.2) is 30.7 Å². The lowest BCUT2D eigenvalue weighted by molar-refractivity contribution is 0.102. The fourth-order valence-corrected chi connectivity index (χ4v) is 2.17. The van der Waals surface area contributed by atoms with Crippen molar-refractivity contribution >= 4 is 22.6 Å². The number of hydrogen-bond donors (Lipinski definition) is 2. The average Bonchev–Trinajstić information content (AvgIpc) is 2.87. The quantitative estimate of drug-likeness (QED) is 0.772. The van der Waals surface area contributed by atoms with Gasteiger partial charge in [-0.25, -0.2) is 0 Å². The summed E-state index contributed by atoms with van der Waals surface area (Å²) >= 11 is 0. The number of anilines is 1. The Hall–Kier alpha value is -2.76. The highest BCUT2D eigenvalue weighted by atomic mass is 16.1. The molecule has 2 N–H and O–H groups in total. The molecule has 0 aliphatic carbocycles. The molecule has 3 aromatic heterocycles. The summed E-state index contributed by atoms with van der Waals surface area (Å²) in [7, 11) is 0. The van der Waals surface area contributed by atoms with Gasteiger partial charge in [-0.15, -0.1) is 0 Å². The fourth-order valence-electron chi connectivity index (χ4n) is 2.17. The van der Waals surface area contributed by atoms with E-state index in [0.717, 1.165) is 28.6 Å². The van der Waals surface area contributed by atoms with Gasteiger partial charge in [0.1, 0.15) is 0 Å². The van der Waals surface area contributed by atoms with Crippen LogP contribution in [0.5, 0.6) is 0 Å². The molecule has 0 aliphatic rings. The molecule has 0 unspecified atom stereocenters. The molecule has 0 spiro atoms. The van der Waals surface area contributed by atoms with Crippen molar-refractivity contribution < 1.29 is 4.79 Å². The number of hydrogen-bond acceptors (Lipinski definition) is 4. The van der Waals surface area contributed by atoms with Crippen molar-refractivity contribution in [2.45, 2.75) is 20.3 Å². The van der Waals surface area contributed by atoms with Gasteiger partial charge in [0.15, 0.2) is 5.82 Å². The maximum Gasteiger partial charge on any atom is 0.258 e. The fraction of sp³-hybridized carbons (Fsp3) is 0.200.